The van der Waals surface area contributed by atoms with E-state index in [1.807, 2.05) is 43.5 Å². The largest absolute Gasteiger partial charge is 0.395 e. The zero-order valence-corrected chi connectivity index (χ0v) is 16.5. The molecule has 0 saturated carbocycles. The number of nitrogens with one attached hydrogen (secondary N) is 1. The van der Waals surface area contributed by atoms with E-state index in [2.05, 4.69) is 10.3 Å². The maximum absolute atomic E-state index is 12.3. The van der Waals surface area contributed by atoms with Gasteiger partial charge in [-0.15, -0.1) is 0 Å². The summed E-state index contributed by atoms with van der Waals surface area (Å²) in [5, 5.41) is 12.1. The number of aliphatic hydroxyl groups is 1. The Morgan fingerprint density at radius 1 is 1.33 bits per heavy atom. The number of imidazole rings is 1. The van der Waals surface area contributed by atoms with E-state index in [4.69, 9.17) is 15.1 Å². The summed E-state index contributed by atoms with van der Waals surface area (Å²) in [4.78, 5) is 28.0. The van der Waals surface area contributed by atoms with Crippen molar-refractivity contribution < 1.29 is 9.90 Å². The van der Waals surface area contributed by atoms with E-state index in [-0.39, 0.29) is 24.6 Å². The maximum Gasteiger partial charge on any atom is 0.239 e. The van der Waals surface area contributed by atoms with Gasteiger partial charge in [0.1, 0.15) is 11.5 Å². The molecule has 2 heterocycles. The highest BCUT2D eigenvalue weighted by atomic mass is 16.3. The minimum absolute atomic E-state index is 0.0378. The second-order valence-electron chi connectivity index (χ2n) is 8.02. The number of hydrogen-bond donors (Lipinski definition) is 2. The summed E-state index contributed by atoms with van der Waals surface area (Å²) >= 11 is 0. The first-order valence-corrected chi connectivity index (χ1v) is 9.32. The quantitative estimate of drug-likeness (QED) is 0.790. The molecule has 0 bridgehead atoms. The SMILES string of the molecule is CN(CC(=O)NC(C)(C)C)c1nc(-c2cn(CCO)cn2)nc2c1CCC2. The topological polar surface area (TPSA) is 96.2 Å². The van der Waals surface area contributed by atoms with Gasteiger partial charge >= 0.3 is 0 Å². The predicted octanol–water partition coefficient (Wildman–Crippen LogP) is 1.17. The average Bonchev–Trinajstić information content (AvgIpc) is 3.20. The van der Waals surface area contributed by atoms with Crippen LogP contribution in [0.5, 0.6) is 0 Å². The number of aromatic nitrogens is 4. The van der Waals surface area contributed by atoms with E-state index in [0.717, 1.165) is 36.3 Å². The normalized spacial score (nSPS) is 13.5. The molecule has 2 aromatic rings. The van der Waals surface area contributed by atoms with Gasteiger partial charge in [0.25, 0.3) is 0 Å². The first-order valence-electron chi connectivity index (χ1n) is 9.32. The van der Waals surface area contributed by atoms with Crippen molar-refractivity contribution in [2.24, 2.45) is 0 Å². The highest BCUT2D eigenvalue weighted by Crippen LogP contribution is 2.30. The number of hydrogen-bond acceptors (Lipinski definition) is 6. The molecular formula is C19H28N6O2. The summed E-state index contributed by atoms with van der Waals surface area (Å²) in [6.45, 7) is 6.67. The number of aliphatic hydroxyl groups excluding tert-OH is 1. The highest BCUT2D eigenvalue weighted by molar-refractivity contribution is 5.82. The van der Waals surface area contributed by atoms with Crippen LogP contribution < -0.4 is 10.2 Å². The fraction of sp³-hybridized carbons (Fsp3) is 0.579. The van der Waals surface area contributed by atoms with Crippen molar-refractivity contribution in [1.29, 1.82) is 0 Å². The molecule has 1 aliphatic carbocycles. The number of fused-ring (bicyclic) bond motifs is 1. The molecule has 1 aliphatic rings. The van der Waals surface area contributed by atoms with E-state index in [9.17, 15) is 4.79 Å². The Morgan fingerprint density at radius 2 is 2.11 bits per heavy atom. The number of carbonyl (C=O) groups excluding carboxylic acids is 1. The number of nitrogens with zero attached hydrogens (tertiary/aromatic N) is 5. The lowest BCUT2D eigenvalue weighted by molar-refractivity contribution is -0.121. The molecule has 0 saturated heterocycles. The van der Waals surface area contributed by atoms with Gasteiger partial charge in [0.2, 0.25) is 5.91 Å². The molecule has 0 fully saturated rings. The van der Waals surface area contributed by atoms with Gasteiger partial charge in [-0.25, -0.2) is 15.0 Å². The summed E-state index contributed by atoms with van der Waals surface area (Å²) in [6, 6.07) is 0. The Morgan fingerprint density at radius 3 is 2.81 bits per heavy atom. The van der Waals surface area contributed by atoms with Gasteiger partial charge in [-0.3, -0.25) is 4.79 Å². The van der Waals surface area contributed by atoms with Gasteiger partial charge in [0, 0.05) is 36.6 Å². The monoisotopic (exact) mass is 372 g/mol. The summed E-state index contributed by atoms with van der Waals surface area (Å²) in [7, 11) is 1.89. The molecule has 0 aliphatic heterocycles. The zero-order valence-electron chi connectivity index (χ0n) is 16.5. The predicted molar refractivity (Wildman–Crippen MR) is 104 cm³/mol. The van der Waals surface area contributed by atoms with Crippen LogP contribution in [0.25, 0.3) is 11.5 Å². The van der Waals surface area contributed by atoms with Crippen LogP contribution in [0, 0.1) is 0 Å². The Balaban J connectivity index is 1.88. The van der Waals surface area contributed by atoms with Crippen molar-refractivity contribution >= 4 is 11.7 Å². The third-order valence-electron chi connectivity index (χ3n) is 4.39. The maximum atomic E-state index is 12.3. The first-order chi connectivity index (χ1) is 12.8. The Bertz CT molecular complexity index is 824. The van der Waals surface area contributed by atoms with Crippen LogP contribution in [0.4, 0.5) is 5.82 Å². The van der Waals surface area contributed by atoms with E-state index >= 15 is 0 Å². The fourth-order valence-corrected chi connectivity index (χ4v) is 3.30. The third-order valence-corrected chi connectivity index (χ3v) is 4.39. The number of aryl methyl sites for hydroxylation is 1. The van der Waals surface area contributed by atoms with E-state index < -0.39 is 0 Å². The summed E-state index contributed by atoms with van der Waals surface area (Å²) in [5.74, 6) is 1.32. The van der Waals surface area contributed by atoms with Crippen molar-refractivity contribution in [3.05, 3.63) is 23.8 Å². The van der Waals surface area contributed by atoms with Crippen molar-refractivity contribution in [2.45, 2.75) is 52.1 Å². The van der Waals surface area contributed by atoms with Crippen LogP contribution in [0.3, 0.4) is 0 Å². The molecule has 0 atom stereocenters. The highest BCUT2D eigenvalue weighted by Gasteiger charge is 2.24. The van der Waals surface area contributed by atoms with Gasteiger partial charge in [0.05, 0.1) is 19.5 Å². The van der Waals surface area contributed by atoms with Crippen LogP contribution >= 0.6 is 0 Å². The summed E-state index contributed by atoms with van der Waals surface area (Å²) in [6.07, 6.45) is 6.39. The fourth-order valence-electron chi connectivity index (χ4n) is 3.30. The standard InChI is InChI=1S/C19H28N6O2/c1-19(2,3)23-16(27)11-24(4)18-13-6-5-7-14(13)21-17(22-18)15-10-25(8-9-26)12-20-15/h10,12,26H,5-9,11H2,1-4H3,(H,23,27). The first kappa shape index (κ1) is 19.3. The molecule has 0 aromatic carbocycles. The minimum Gasteiger partial charge on any atom is -0.395 e. The van der Waals surface area contributed by atoms with E-state index in [1.54, 1.807) is 6.33 Å². The lowest BCUT2D eigenvalue weighted by Gasteiger charge is -2.25. The Kier molecular flexibility index (Phi) is 5.46. The summed E-state index contributed by atoms with van der Waals surface area (Å²) in [5.41, 5.74) is 2.57. The van der Waals surface area contributed by atoms with Crippen molar-refractivity contribution in [2.75, 3.05) is 25.1 Å². The third kappa shape index (κ3) is 4.63. The molecule has 2 aromatic heterocycles. The Hall–Kier alpha value is -2.48. The Labute approximate surface area is 159 Å². The molecule has 0 spiro atoms. The van der Waals surface area contributed by atoms with Gasteiger partial charge in [-0.1, -0.05) is 0 Å². The molecule has 8 heteroatoms. The van der Waals surface area contributed by atoms with E-state index in [1.165, 1.54) is 0 Å². The van der Waals surface area contributed by atoms with Crippen LogP contribution in [-0.4, -0.2) is 56.3 Å². The number of rotatable bonds is 6. The zero-order chi connectivity index (χ0) is 19.6. The van der Waals surface area contributed by atoms with Crippen LogP contribution in [0.1, 0.15) is 38.4 Å². The van der Waals surface area contributed by atoms with E-state index in [0.29, 0.717) is 18.1 Å². The molecule has 8 nitrogen and oxygen atoms in total. The van der Waals surface area contributed by atoms with Gasteiger partial charge < -0.3 is 19.9 Å². The molecule has 27 heavy (non-hydrogen) atoms. The van der Waals surface area contributed by atoms with Crippen molar-refractivity contribution in [3.8, 4) is 11.5 Å². The molecule has 0 radical (unpaired) electrons. The molecular weight excluding hydrogens is 344 g/mol. The second-order valence-corrected chi connectivity index (χ2v) is 8.02. The molecule has 3 rings (SSSR count). The smallest absolute Gasteiger partial charge is 0.239 e. The summed E-state index contributed by atoms with van der Waals surface area (Å²) < 4.78 is 1.81. The van der Waals surface area contributed by atoms with Crippen molar-refractivity contribution in [3.63, 3.8) is 0 Å². The van der Waals surface area contributed by atoms with Gasteiger partial charge in [-0.2, -0.15) is 0 Å². The van der Waals surface area contributed by atoms with Crippen molar-refractivity contribution in [1.82, 2.24) is 24.8 Å². The van der Waals surface area contributed by atoms with Crippen LogP contribution in [0.15, 0.2) is 12.5 Å². The van der Waals surface area contributed by atoms with Gasteiger partial charge in [0.15, 0.2) is 5.82 Å². The lowest BCUT2D eigenvalue weighted by atomic mass is 10.1. The average molecular weight is 372 g/mol. The number of amides is 1. The number of carbonyl (C=O) groups is 1. The van der Waals surface area contributed by atoms with Crippen LogP contribution in [-0.2, 0) is 24.2 Å². The molecule has 146 valence electrons. The second kappa shape index (κ2) is 7.64. The molecule has 0 unspecified atom stereocenters. The number of likely N-dealkylation sites (N-methyl/N-ethyl adjacent to an activating group) is 1. The number of anilines is 1. The molecule has 2 N–H and O–H groups in total. The minimum atomic E-state index is -0.268. The van der Waals surface area contributed by atoms with Crippen LogP contribution in [0.2, 0.25) is 0 Å². The molecule has 1 amide bonds. The van der Waals surface area contributed by atoms with Gasteiger partial charge in [-0.05, 0) is 40.0 Å². The lowest BCUT2D eigenvalue weighted by Crippen LogP contribution is -2.45.